The van der Waals surface area contributed by atoms with E-state index in [9.17, 15) is 13.5 Å². The Morgan fingerprint density at radius 1 is 1.56 bits per heavy atom. The molecule has 0 saturated carbocycles. The Morgan fingerprint density at radius 3 is 2.56 bits per heavy atom. The number of methoxy groups -OCH3 is 1. The van der Waals surface area contributed by atoms with Gasteiger partial charge >= 0.3 is 0 Å². The average molecular weight is 330 g/mol. The fraction of sp³-hybridized carbons (Fsp3) is 0.333. The molecule has 16 heavy (non-hydrogen) atoms. The summed E-state index contributed by atoms with van der Waals surface area (Å²) in [5.74, 6) is -0.392. The van der Waals surface area contributed by atoms with Crippen LogP contribution in [0.15, 0.2) is 10.5 Å². The second-order valence-corrected chi connectivity index (χ2v) is 6.83. The first-order valence-electron chi connectivity index (χ1n) is 4.23. The van der Waals surface area contributed by atoms with E-state index in [0.717, 1.165) is 0 Å². The third kappa shape index (κ3) is 3.02. The van der Waals surface area contributed by atoms with Crippen LogP contribution in [0.4, 0.5) is 0 Å². The first kappa shape index (κ1) is 13.6. The molecule has 0 unspecified atom stereocenters. The van der Waals surface area contributed by atoms with Crippen molar-refractivity contribution in [3.8, 4) is 11.5 Å². The van der Waals surface area contributed by atoms with Gasteiger partial charge in [0, 0.05) is 20.7 Å². The van der Waals surface area contributed by atoms with Crippen LogP contribution in [0.3, 0.4) is 0 Å². The highest BCUT2D eigenvalue weighted by Crippen LogP contribution is 2.38. The molecule has 0 heterocycles. The zero-order valence-electron chi connectivity index (χ0n) is 8.62. The van der Waals surface area contributed by atoms with Crippen LogP contribution in [0.25, 0.3) is 0 Å². The molecule has 0 atom stereocenters. The Hall–Kier alpha value is -0.460. The van der Waals surface area contributed by atoms with Gasteiger partial charge in [0.25, 0.3) is 0 Å². The highest BCUT2D eigenvalue weighted by atomic mass is 79.9. The Labute approximate surface area is 107 Å². The van der Waals surface area contributed by atoms with Crippen LogP contribution < -0.4 is 4.74 Å². The van der Waals surface area contributed by atoms with E-state index in [1.165, 1.54) is 13.2 Å². The van der Waals surface area contributed by atoms with Crippen molar-refractivity contribution < 1.29 is 18.3 Å². The van der Waals surface area contributed by atoms with E-state index < -0.39 is 14.8 Å². The fourth-order valence-electron chi connectivity index (χ4n) is 1.34. The van der Waals surface area contributed by atoms with E-state index >= 15 is 0 Å². The Kier molecular flexibility index (Phi) is 4.09. The smallest absolute Gasteiger partial charge is 0.236 e. The lowest BCUT2D eigenvalue weighted by molar-refractivity contribution is 0.369. The molecule has 0 bridgehead atoms. The standard InChI is InChI=1S/C9H10BrClO4S/c1-5-6(4-16(11,13)14)9(15-2)8(12)3-7(5)10/h3,12H,4H2,1-2H3. The third-order valence-electron chi connectivity index (χ3n) is 2.10. The molecule has 1 rings (SSSR count). The average Bonchev–Trinajstić information content (AvgIpc) is 2.12. The fourth-order valence-corrected chi connectivity index (χ4v) is 2.81. The summed E-state index contributed by atoms with van der Waals surface area (Å²) in [5, 5.41) is 9.60. The summed E-state index contributed by atoms with van der Waals surface area (Å²) < 4.78 is 27.7. The number of phenols is 1. The van der Waals surface area contributed by atoms with Gasteiger partial charge in [-0.15, -0.1) is 0 Å². The van der Waals surface area contributed by atoms with Gasteiger partial charge in [-0.3, -0.25) is 0 Å². The summed E-state index contributed by atoms with van der Waals surface area (Å²) in [7, 11) is 2.84. The molecule has 7 heteroatoms. The topological polar surface area (TPSA) is 63.6 Å². The second-order valence-electron chi connectivity index (χ2n) is 3.20. The summed E-state index contributed by atoms with van der Waals surface area (Å²) in [6.45, 7) is 1.71. The zero-order chi connectivity index (χ0) is 12.5. The van der Waals surface area contributed by atoms with Gasteiger partial charge < -0.3 is 9.84 Å². The van der Waals surface area contributed by atoms with Gasteiger partial charge in [-0.2, -0.15) is 0 Å². The van der Waals surface area contributed by atoms with E-state index in [-0.39, 0.29) is 11.5 Å². The van der Waals surface area contributed by atoms with Gasteiger partial charge in [-0.1, -0.05) is 15.9 Å². The third-order valence-corrected chi connectivity index (χ3v) is 3.89. The molecule has 0 aliphatic heterocycles. The minimum absolute atomic E-state index is 0.129. The number of aromatic hydroxyl groups is 1. The minimum atomic E-state index is -3.71. The molecule has 1 N–H and O–H groups in total. The Morgan fingerprint density at radius 2 is 2.12 bits per heavy atom. The van der Waals surface area contributed by atoms with Crippen LogP contribution in [0, 0.1) is 6.92 Å². The highest BCUT2D eigenvalue weighted by molar-refractivity contribution is 9.10. The van der Waals surface area contributed by atoms with Gasteiger partial charge in [0.2, 0.25) is 9.05 Å². The minimum Gasteiger partial charge on any atom is -0.504 e. The summed E-state index contributed by atoms with van der Waals surface area (Å²) in [4.78, 5) is 0. The molecule has 1 aromatic carbocycles. The van der Waals surface area contributed by atoms with Crippen molar-refractivity contribution in [2.24, 2.45) is 0 Å². The molecule has 0 radical (unpaired) electrons. The van der Waals surface area contributed by atoms with Gasteiger partial charge in [0.05, 0.1) is 12.9 Å². The van der Waals surface area contributed by atoms with Crippen molar-refractivity contribution >= 4 is 35.7 Å². The molecule has 0 amide bonds. The van der Waals surface area contributed by atoms with Crippen molar-refractivity contribution in [1.82, 2.24) is 0 Å². The summed E-state index contributed by atoms with van der Waals surface area (Å²) >= 11 is 3.21. The molecule has 0 spiro atoms. The van der Waals surface area contributed by atoms with E-state index in [2.05, 4.69) is 15.9 Å². The number of ether oxygens (including phenoxy) is 1. The van der Waals surface area contributed by atoms with Crippen molar-refractivity contribution in [2.45, 2.75) is 12.7 Å². The van der Waals surface area contributed by atoms with Crippen molar-refractivity contribution in [3.63, 3.8) is 0 Å². The summed E-state index contributed by atoms with van der Waals surface area (Å²) in [5.41, 5.74) is 1.02. The van der Waals surface area contributed by atoms with Crippen LogP contribution in [0.1, 0.15) is 11.1 Å². The normalized spacial score (nSPS) is 11.5. The zero-order valence-corrected chi connectivity index (χ0v) is 11.8. The SMILES string of the molecule is COc1c(O)cc(Br)c(C)c1CS(=O)(=O)Cl. The molecular weight excluding hydrogens is 320 g/mol. The molecule has 0 aromatic heterocycles. The number of rotatable bonds is 3. The first-order chi connectivity index (χ1) is 7.26. The summed E-state index contributed by atoms with van der Waals surface area (Å²) in [6.07, 6.45) is 0. The number of benzene rings is 1. The molecule has 0 saturated heterocycles. The lowest BCUT2D eigenvalue weighted by Crippen LogP contribution is -2.02. The predicted octanol–water partition coefficient (Wildman–Crippen LogP) is 2.54. The van der Waals surface area contributed by atoms with Crippen molar-refractivity contribution in [3.05, 3.63) is 21.7 Å². The molecule has 0 aliphatic rings. The lowest BCUT2D eigenvalue weighted by Gasteiger charge is -2.13. The van der Waals surface area contributed by atoms with Crippen LogP contribution >= 0.6 is 26.6 Å². The second kappa shape index (κ2) is 4.81. The van der Waals surface area contributed by atoms with Crippen molar-refractivity contribution in [2.75, 3.05) is 7.11 Å². The monoisotopic (exact) mass is 328 g/mol. The van der Waals surface area contributed by atoms with Gasteiger partial charge in [-0.05, 0) is 18.6 Å². The van der Waals surface area contributed by atoms with E-state index in [0.29, 0.717) is 15.6 Å². The number of halogens is 2. The first-order valence-corrected chi connectivity index (χ1v) is 7.50. The lowest BCUT2D eigenvalue weighted by atomic mass is 10.1. The largest absolute Gasteiger partial charge is 0.504 e. The number of hydrogen-bond donors (Lipinski definition) is 1. The number of phenolic OH excluding ortho intramolecular Hbond substituents is 1. The Bertz CT molecular complexity index is 513. The summed E-state index contributed by atoms with van der Waals surface area (Å²) in [6, 6.07) is 1.44. The predicted molar refractivity (Wildman–Crippen MR) is 65.6 cm³/mol. The number of hydrogen-bond acceptors (Lipinski definition) is 4. The van der Waals surface area contributed by atoms with Gasteiger partial charge in [0.1, 0.15) is 0 Å². The van der Waals surface area contributed by atoms with Crippen molar-refractivity contribution in [1.29, 1.82) is 0 Å². The maximum atomic E-state index is 11.1. The molecule has 0 fully saturated rings. The van der Waals surface area contributed by atoms with E-state index in [1.807, 2.05) is 0 Å². The van der Waals surface area contributed by atoms with Crippen LogP contribution in [0.5, 0.6) is 11.5 Å². The molecule has 4 nitrogen and oxygen atoms in total. The van der Waals surface area contributed by atoms with Crippen LogP contribution in [-0.4, -0.2) is 20.6 Å². The van der Waals surface area contributed by atoms with Gasteiger partial charge in [0.15, 0.2) is 11.5 Å². The Balaban J connectivity index is 3.45. The molecule has 0 aliphatic carbocycles. The highest BCUT2D eigenvalue weighted by Gasteiger charge is 2.19. The van der Waals surface area contributed by atoms with E-state index in [4.69, 9.17) is 15.4 Å². The molecule has 90 valence electrons. The maximum Gasteiger partial charge on any atom is 0.236 e. The molecule has 1 aromatic rings. The van der Waals surface area contributed by atoms with E-state index in [1.54, 1.807) is 6.92 Å². The van der Waals surface area contributed by atoms with Crippen LogP contribution in [0.2, 0.25) is 0 Å². The molecular formula is C9H10BrClO4S. The quantitative estimate of drug-likeness (QED) is 0.866. The maximum absolute atomic E-state index is 11.1. The van der Waals surface area contributed by atoms with Crippen LogP contribution in [-0.2, 0) is 14.8 Å². The van der Waals surface area contributed by atoms with Gasteiger partial charge in [-0.25, -0.2) is 8.42 Å².